The van der Waals surface area contributed by atoms with Crippen LogP contribution in [0.4, 0.5) is 8.78 Å². The summed E-state index contributed by atoms with van der Waals surface area (Å²) in [5.41, 5.74) is 2.10. The zero-order valence-corrected chi connectivity index (χ0v) is 19.2. The van der Waals surface area contributed by atoms with Gasteiger partial charge in [0.25, 0.3) is 0 Å². The molecule has 0 fully saturated rings. The lowest BCUT2D eigenvalue weighted by Gasteiger charge is -2.25. The number of nitrogens with zero attached hydrogens (tertiary/aromatic N) is 3. The fraction of sp³-hybridized carbons (Fsp3) is 0.346. The SMILES string of the molecule is C=CCC[C@@H](O)CN(CCC)Cc1c(C)nn(-c2ccc(F)cc2)c1Oc1ccccc1F. The van der Waals surface area contributed by atoms with Crippen molar-refractivity contribution in [2.24, 2.45) is 0 Å². The molecule has 176 valence electrons. The molecule has 0 bridgehead atoms. The fourth-order valence-corrected chi connectivity index (χ4v) is 3.69. The van der Waals surface area contributed by atoms with Crippen molar-refractivity contribution in [1.82, 2.24) is 14.7 Å². The smallest absolute Gasteiger partial charge is 0.227 e. The Hall–Kier alpha value is -3.03. The van der Waals surface area contributed by atoms with E-state index in [1.807, 2.05) is 6.92 Å². The van der Waals surface area contributed by atoms with E-state index >= 15 is 0 Å². The molecule has 1 aromatic heterocycles. The molecule has 1 atom stereocenters. The summed E-state index contributed by atoms with van der Waals surface area (Å²) in [6, 6.07) is 12.1. The summed E-state index contributed by atoms with van der Waals surface area (Å²) >= 11 is 0. The van der Waals surface area contributed by atoms with E-state index in [9.17, 15) is 13.9 Å². The number of benzene rings is 2. The number of aromatic nitrogens is 2. The highest BCUT2D eigenvalue weighted by Gasteiger charge is 2.23. The number of halogens is 2. The Morgan fingerprint density at radius 3 is 2.58 bits per heavy atom. The molecule has 33 heavy (non-hydrogen) atoms. The van der Waals surface area contributed by atoms with Crippen LogP contribution in [0.1, 0.15) is 37.4 Å². The van der Waals surface area contributed by atoms with E-state index in [0.717, 1.165) is 24.9 Å². The molecule has 0 saturated carbocycles. The average molecular weight is 456 g/mol. The molecule has 0 saturated heterocycles. The minimum absolute atomic E-state index is 0.0788. The molecule has 0 spiro atoms. The number of aryl methyl sites for hydroxylation is 1. The molecule has 1 N–H and O–H groups in total. The standard InChI is InChI=1S/C26H31F2N3O2/c1-4-6-9-22(32)17-30(16-5-2)18-23-19(3)29-31(21-14-12-20(27)13-15-21)26(23)33-25-11-8-7-10-24(25)28/h4,7-8,10-15,22,32H,1,5-6,9,16-18H2,2-3H3/t22-/m1/s1. The van der Waals surface area contributed by atoms with Gasteiger partial charge in [0.1, 0.15) is 5.82 Å². The van der Waals surface area contributed by atoms with Crippen molar-refractivity contribution in [2.75, 3.05) is 13.1 Å². The lowest BCUT2D eigenvalue weighted by Crippen LogP contribution is -2.33. The Kier molecular flexibility index (Phi) is 8.74. The number of para-hydroxylation sites is 1. The Morgan fingerprint density at radius 2 is 1.91 bits per heavy atom. The van der Waals surface area contributed by atoms with Crippen molar-refractivity contribution >= 4 is 0 Å². The van der Waals surface area contributed by atoms with Crippen LogP contribution in [0.25, 0.3) is 5.69 Å². The van der Waals surface area contributed by atoms with Crippen molar-refractivity contribution in [1.29, 1.82) is 0 Å². The zero-order chi connectivity index (χ0) is 23.8. The van der Waals surface area contributed by atoms with Crippen molar-refractivity contribution in [2.45, 2.75) is 45.8 Å². The summed E-state index contributed by atoms with van der Waals surface area (Å²) in [7, 11) is 0. The molecule has 1 heterocycles. The van der Waals surface area contributed by atoms with Crippen LogP contribution < -0.4 is 4.74 Å². The molecule has 0 aliphatic rings. The van der Waals surface area contributed by atoms with Gasteiger partial charge < -0.3 is 9.84 Å². The molecule has 0 unspecified atom stereocenters. The summed E-state index contributed by atoms with van der Waals surface area (Å²) in [5, 5.41) is 15.1. The number of hydrogen-bond acceptors (Lipinski definition) is 4. The Bertz CT molecular complexity index is 1050. The highest BCUT2D eigenvalue weighted by molar-refractivity contribution is 5.43. The number of ether oxygens (including phenoxy) is 1. The molecule has 0 aliphatic heterocycles. The Morgan fingerprint density at radius 1 is 1.18 bits per heavy atom. The second kappa shape index (κ2) is 11.7. The van der Waals surface area contributed by atoms with Gasteiger partial charge >= 0.3 is 0 Å². The molecule has 3 aromatic rings. The van der Waals surface area contributed by atoms with Gasteiger partial charge in [-0.25, -0.2) is 13.5 Å². The highest BCUT2D eigenvalue weighted by atomic mass is 19.1. The lowest BCUT2D eigenvalue weighted by atomic mass is 10.1. The molecule has 3 rings (SSSR count). The quantitative estimate of drug-likeness (QED) is 0.351. The molecule has 7 heteroatoms. The van der Waals surface area contributed by atoms with Crippen molar-refractivity contribution < 1.29 is 18.6 Å². The van der Waals surface area contributed by atoms with Crippen molar-refractivity contribution in [3.8, 4) is 17.3 Å². The van der Waals surface area contributed by atoms with Crippen LogP contribution in [0.15, 0.2) is 61.2 Å². The summed E-state index contributed by atoms with van der Waals surface area (Å²) in [6.07, 6.45) is 3.59. The number of aliphatic hydroxyl groups is 1. The Labute approximate surface area is 193 Å². The van der Waals surface area contributed by atoms with Crippen molar-refractivity contribution in [3.63, 3.8) is 0 Å². The van der Waals surface area contributed by atoms with Gasteiger partial charge in [0.05, 0.1) is 23.0 Å². The molecular formula is C26H31F2N3O2. The predicted octanol–water partition coefficient (Wildman–Crippen LogP) is 5.79. The second-order valence-corrected chi connectivity index (χ2v) is 8.04. The number of aliphatic hydroxyl groups excluding tert-OH is 1. The van der Waals surface area contributed by atoms with Crippen molar-refractivity contribution in [3.05, 3.63) is 84.1 Å². The van der Waals surface area contributed by atoms with Gasteiger partial charge in [-0.15, -0.1) is 6.58 Å². The predicted molar refractivity (Wildman–Crippen MR) is 126 cm³/mol. The Balaban J connectivity index is 1.99. The normalized spacial score (nSPS) is 12.2. The van der Waals surface area contributed by atoms with Gasteiger partial charge in [-0.1, -0.05) is 25.1 Å². The van der Waals surface area contributed by atoms with E-state index in [-0.39, 0.29) is 11.6 Å². The van der Waals surface area contributed by atoms with Gasteiger partial charge in [-0.2, -0.15) is 5.10 Å². The van der Waals surface area contributed by atoms with Gasteiger partial charge in [-0.3, -0.25) is 4.90 Å². The zero-order valence-electron chi connectivity index (χ0n) is 19.2. The number of rotatable bonds is 12. The summed E-state index contributed by atoms with van der Waals surface area (Å²) < 4.78 is 35.5. The number of allylic oxidation sites excluding steroid dienone is 1. The van der Waals surface area contributed by atoms with E-state index in [0.29, 0.717) is 36.8 Å². The van der Waals surface area contributed by atoms with Crippen LogP contribution >= 0.6 is 0 Å². The lowest BCUT2D eigenvalue weighted by molar-refractivity contribution is 0.102. The topological polar surface area (TPSA) is 50.5 Å². The first kappa shape index (κ1) is 24.6. The minimum Gasteiger partial charge on any atom is -0.435 e. The van der Waals surface area contributed by atoms with E-state index in [4.69, 9.17) is 4.74 Å². The minimum atomic E-state index is -0.488. The van der Waals surface area contributed by atoms with Crippen LogP contribution in [-0.2, 0) is 6.54 Å². The summed E-state index contributed by atoms with van der Waals surface area (Å²) in [5.74, 6) is -0.402. The monoisotopic (exact) mass is 455 g/mol. The van der Waals surface area contributed by atoms with E-state index in [1.165, 1.54) is 18.2 Å². The van der Waals surface area contributed by atoms with Crippen LogP contribution in [0.2, 0.25) is 0 Å². The second-order valence-electron chi connectivity index (χ2n) is 8.04. The van der Waals surface area contributed by atoms with Crippen LogP contribution in [0.3, 0.4) is 0 Å². The summed E-state index contributed by atoms with van der Waals surface area (Å²) in [4.78, 5) is 2.14. The molecule has 0 radical (unpaired) electrons. The third-order valence-corrected chi connectivity index (χ3v) is 5.35. The average Bonchev–Trinajstić information content (AvgIpc) is 3.09. The van der Waals surface area contributed by atoms with Crippen LogP contribution in [0, 0.1) is 18.6 Å². The fourth-order valence-electron chi connectivity index (χ4n) is 3.69. The molecule has 0 amide bonds. The molecule has 0 aliphatic carbocycles. The largest absolute Gasteiger partial charge is 0.435 e. The summed E-state index contributed by atoms with van der Waals surface area (Å²) in [6.45, 7) is 9.38. The third kappa shape index (κ3) is 6.49. The maximum atomic E-state index is 14.4. The van der Waals surface area contributed by atoms with Gasteiger partial charge in [0, 0.05) is 13.1 Å². The highest BCUT2D eigenvalue weighted by Crippen LogP contribution is 2.33. The van der Waals surface area contributed by atoms with E-state index in [1.54, 1.807) is 41.1 Å². The molecule has 2 aromatic carbocycles. The third-order valence-electron chi connectivity index (χ3n) is 5.35. The van der Waals surface area contributed by atoms with Gasteiger partial charge in [0.2, 0.25) is 5.88 Å². The van der Waals surface area contributed by atoms with E-state index < -0.39 is 11.9 Å². The first-order valence-corrected chi connectivity index (χ1v) is 11.2. The number of hydrogen-bond donors (Lipinski definition) is 1. The van der Waals surface area contributed by atoms with E-state index in [2.05, 4.69) is 23.5 Å². The molecular weight excluding hydrogens is 424 g/mol. The molecule has 5 nitrogen and oxygen atoms in total. The maximum Gasteiger partial charge on any atom is 0.227 e. The first-order chi connectivity index (χ1) is 15.9. The van der Waals surface area contributed by atoms with Gasteiger partial charge in [0.15, 0.2) is 11.6 Å². The first-order valence-electron chi connectivity index (χ1n) is 11.2. The van der Waals surface area contributed by atoms with Crippen LogP contribution in [0.5, 0.6) is 11.6 Å². The van der Waals surface area contributed by atoms with Gasteiger partial charge in [-0.05, 0) is 69.1 Å². The maximum absolute atomic E-state index is 14.4. The van der Waals surface area contributed by atoms with Crippen LogP contribution in [-0.4, -0.2) is 39.0 Å².